The van der Waals surface area contributed by atoms with E-state index in [4.69, 9.17) is 39.1 Å². The third-order valence-corrected chi connectivity index (χ3v) is 6.06. The highest BCUT2D eigenvalue weighted by molar-refractivity contribution is 7.53. The van der Waals surface area contributed by atoms with E-state index in [0.717, 1.165) is 9.80 Å². The van der Waals surface area contributed by atoms with Crippen molar-refractivity contribution in [3.63, 3.8) is 0 Å². The van der Waals surface area contributed by atoms with Gasteiger partial charge in [-0.3, -0.25) is 28.1 Å². The van der Waals surface area contributed by atoms with Crippen molar-refractivity contribution in [2.45, 2.75) is 19.3 Å². The highest BCUT2D eigenvalue weighted by Gasteiger charge is 2.26. The Bertz CT molecular complexity index is 533. The smallest absolute Gasteiger partial charge is 0.324 e. The Hall–Kier alpha value is 0.520. The molecule has 0 atom stereocenters. The fourth-order valence-corrected chi connectivity index (χ4v) is 5.63. The van der Waals surface area contributed by atoms with Crippen LogP contribution in [0.4, 0.5) is 0 Å². The predicted molar refractivity (Wildman–Crippen MR) is 94.9 cm³/mol. The zero-order chi connectivity index (χ0) is 21.5. The zero-order valence-corrected chi connectivity index (χ0v) is 17.8. The number of hydrogen-bond acceptors (Lipinski definition) is 6. The maximum Gasteiger partial charge on any atom is 0.339 e. The Labute approximate surface area is 155 Å². The van der Waals surface area contributed by atoms with Crippen LogP contribution in [-0.4, -0.2) is 87.2 Å². The van der Waals surface area contributed by atoms with Crippen LogP contribution in [0.25, 0.3) is 0 Å². The minimum absolute atomic E-state index is 0.0484. The van der Waals surface area contributed by atoms with Gasteiger partial charge < -0.3 is 39.1 Å². The van der Waals surface area contributed by atoms with Gasteiger partial charge in [-0.1, -0.05) is 6.42 Å². The van der Waals surface area contributed by atoms with E-state index < -0.39 is 55.5 Å². The first-order chi connectivity index (χ1) is 11.9. The average molecular weight is 478 g/mol. The lowest BCUT2D eigenvalue weighted by atomic mass is 10.2. The highest BCUT2D eigenvalue weighted by Crippen LogP contribution is 2.42. The maximum atomic E-state index is 11.0. The van der Waals surface area contributed by atoms with Gasteiger partial charge in [-0.05, 0) is 25.9 Å². The van der Waals surface area contributed by atoms with Gasteiger partial charge in [0.05, 0.1) is 0 Å². The van der Waals surface area contributed by atoms with Crippen molar-refractivity contribution in [3.05, 3.63) is 0 Å². The minimum atomic E-state index is -4.53. The van der Waals surface area contributed by atoms with Gasteiger partial charge in [0.25, 0.3) is 0 Å². The summed E-state index contributed by atoms with van der Waals surface area (Å²) in [5.74, 6) is 0. The minimum Gasteiger partial charge on any atom is -0.324 e. The number of rotatable bonds is 14. The van der Waals surface area contributed by atoms with Gasteiger partial charge in [0.1, 0.15) is 25.1 Å². The summed E-state index contributed by atoms with van der Waals surface area (Å²) in [4.78, 5) is 73.4. The molecule has 0 aliphatic heterocycles. The first kappa shape index (κ1) is 27.5. The van der Waals surface area contributed by atoms with Gasteiger partial charge in [-0.2, -0.15) is 0 Å². The van der Waals surface area contributed by atoms with Crippen LogP contribution in [0.5, 0.6) is 0 Å². The van der Waals surface area contributed by atoms with Gasteiger partial charge in [0.15, 0.2) is 0 Å². The molecule has 0 heterocycles. The summed E-state index contributed by atoms with van der Waals surface area (Å²) in [7, 11) is -18.1. The molecule has 0 radical (unpaired) electrons. The highest BCUT2D eigenvalue weighted by atomic mass is 31.2. The Kier molecular flexibility index (Phi) is 11.3. The van der Waals surface area contributed by atoms with Crippen molar-refractivity contribution < 1.29 is 57.4 Å². The quantitative estimate of drug-likeness (QED) is 0.114. The van der Waals surface area contributed by atoms with Gasteiger partial charge in [-0.25, -0.2) is 0 Å². The topological polar surface area (TPSA) is 237 Å². The number of hydrogen-bond donors (Lipinski definition) is 8. The molecule has 164 valence electrons. The normalized spacial score (nSPS) is 14.3. The molecule has 0 fully saturated rings. The molecule has 0 aliphatic carbocycles. The molecular weight excluding hydrogens is 452 g/mol. The molecule has 27 heavy (non-hydrogen) atoms. The van der Waals surface area contributed by atoms with Crippen molar-refractivity contribution in [3.8, 4) is 0 Å². The Morgan fingerprint density at radius 1 is 0.444 bits per heavy atom. The molecule has 0 saturated heterocycles. The standard InChI is InChI=1S/C9H26N2O12P4/c12-24(13,14)6-10(7-25(15,16)17)4-2-1-3-5-11(8-26(18,19)20)9-27(21,22)23/h1-9H2,(H2,12,13,14)(H2,15,16,17)(H2,18,19,20)(H2,21,22,23). The van der Waals surface area contributed by atoms with Gasteiger partial charge in [0.2, 0.25) is 0 Å². The Balaban J connectivity index is 4.54. The molecule has 0 spiro atoms. The number of unbranched alkanes of at least 4 members (excludes halogenated alkanes) is 2. The zero-order valence-electron chi connectivity index (χ0n) is 14.3. The van der Waals surface area contributed by atoms with Gasteiger partial charge in [-0.15, -0.1) is 0 Å². The van der Waals surface area contributed by atoms with E-state index in [1.54, 1.807) is 0 Å². The fraction of sp³-hybridized carbons (Fsp3) is 1.00. The maximum absolute atomic E-state index is 11.0. The first-order valence-electron chi connectivity index (χ1n) is 7.49. The van der Waals surface area contributed by atoms with Gasteiger partial charge >= 0.3 is 30.4 Å². The summed E-state index contributed by atoms with van der Waals surface area (Å²) in [5, 5.41) is 0. The molecule has 18 heteroatoms. The molecule has 0 amide bonds. The molecule has 8 N–H and O–H groups in total. The average Bonchev–Trinajstić information content (AvgIpc) is 2.29. The van der Waals surface area contributed by atoms with Crippen molar-refractivity contribution in [2.75, 3.05) is 38.2 Å². The molecule has 0 aromatic rings. The molecule has 0 aromatic carbocycles. The molecule has 0 saturated carbocycles. The second-order valence-electron chi connectivity index (χ2n) is 6.07. The lowest BCUT2D eigenvalue weighted by Crippen LogP contribution is -2.28. The van der Waals surface area contributed by atoms with Crippen LogP contribution in [0.15, 0.2) is 0 Å². The van der Waals surface area contributed by atoms with Crippen LogP contribution < -0.4 is 0 Å². The summed E-state index contributed by atoms with van der Waals surface area (Å²) >= 11 is 0. The lowest BCUT2D eigenvalue weighted by molar-refractivity contribution is 0.264. The van der Waals surface area contributed by atoms with E-state index in [9.17, 15) is 18.3 Å². The van der Waals surface area contributed by atoms with Crippen LogP contribution in [0.1, 0.15) is 19.3 Å². The summed E-state index contributed by atoms with van der Waals surface area (Å²) in [6.07, 6.45) is -2.50. The summed E-state index contributed by atoms with van der Waals surface area (Å²) < 4.78 is 44.1. The van der Waals surface area contributed by atoms with E-state index in [1.165, 1.54) is 0 Å². The van der Waals surface area contributed by atoms with E-state index in [1.807, 2.05) is 0 Å². The summed E-state index contributed by atoms with van der Waals surface area (Å²) in [6, 6.07) is 0. The van der Waals surface area contributed by atoms with Crippen LogP contribution >= 0.6 is 30.4 Å². The monoisotopic (exact) mass is 478 g/mol. The molecule has 14 nitrogen and oxygen atoms in total. The Morgan fingerprint density at radius 3 is 0.852 bits per heavy atom. The first-order valence-corrected chi connectivity index (χ1v) is 14.7. The van der Waals surface area contributed by atoms with Crippen LogP contribution in [0.3, 0.4) is 0 Å². The van der Waals surface area contributed by atoms with Crippen molar-refractivity contribution in [1.29, 1.82) is 0 Å². The summed E-state index contributed by atoms with van der Waals surface area (Å²) in [5.41, 5.74) is 0. The summed E-state index contributed by atoms with van der Waals surface area (Å²) in [6.45, 7) is -0.0968. The van der Waals surface area contributed by atoms with Crippen molar-refractivity contribution in [2.24, 2.45) is 0 Å². The molecule has 0 aliphatic rings. The predicted octanol–water partition coefficient (Wildman–Crippen LogP) is -0.699. The second-order valence-corrected chi connectivity index (χ2v) is 12.5. The number of nitrogens with zero attached hydrogens (tertiary/aromatic N) is 2. The molecule has 0 rings (SSSR count). The molecule has 0 aromatic heterocycles. The van der Waals surface area contributed by atoms with E-state index in [2.05, 4.69) is 0 Å². The fourth-order valence-electron chi connectivity index (χ4n) is 2.26. The second kappa shape index (κ2) is 11.1. The third-order valence-electron chi connectivity index (χ3n) is 2.99. The van der Waals surface area contributed by atoms with E-state index in [-0.39, 0.29) is 25.9 Å². The lowest BCUT2D eigenvalue weighted by Gasteiger charge is -2.24. The van der Waals surface area contributed by atoms with E-state index in [0.29, 0.717) is 6.42 Å². The van der Waals surface area contributed by atoms with Crippen molar-refractivity contribution in [1.82, 2.24) is 9.80 Å². The van der Waals surface area contributed by atoms with Crippen molar-refractivity contribution >= 4 is 30.4 Å². The van der Waals surface area contributed by atoms with Crippen LogP contribution in [0, 0.1) is 0 Å². The van der Waals surface area contributed by atoms with Crippen LogP contribution in [0.2, 0.25) is 0 Å². The Morgan fingerprint density at radius 2 is 0.667 bits per heavy atom. The van der Waals surface area contributed by atoms with Crippen LogP contribution in [-0.2, 0) is 18.3 Å². The largest absolute Gasteiger partial charge is 0.339 e. The third kappa shape index (κ3) is 19.6. The van der Waals surface area contributed by atoms with Gasteiger partial charge in [0, 0.05) is 0 Å². The van der Waals surface area contributed by atoms with E-state index >= 15 is 0 Å². The molecule has 0 unspecified atom stereocenters. The molecule has 0 bridgehead atoms. The SMILES string of the molecule is O=P(O)(O)CN(CCCCCN(CP(=O)(O)O)CP(=O)(O)O)CP(=O)(O)O. The molecular formula is C9H26N2O12P4.